The lowest BCUT2D eigenvalue weighted by Gasteiger charge is -2.27. The average molecular weight is 954 g/mol. The van der Waals surface area contributed by atoms with Crippen molar-refractivity contribution in [3.8, 4) is 0 Å². The number of ether oxygens (including phenoxy) is 1. The fraction of sp³-hybridized carbons (Fsp3) is 0.893. The molecule has 0 rings (SSSR count). The van der Waals surface area contributed by atoms with E-state index in [1.807, 2.05) is 33.3 Å². The molecule has 9 nitrogen and oxygen atoms in total. The highest BCUT2D eigenvalue weighted by Gasteiger charge is 2.30. The van der Waals surface area contributed by atoms with Gasteiger partial charge in [-0.25, -0.2) is 4.57 Å². The van der Waals surface area contributed by atoms with Gasteiger partial charge >= 0.3 is 13.8 Å². The maximum Gasteiger partial charge on any atom is 0.472 e. The number of phosphoric acid groups is 1. The fourth-order valence-corrected chi connectivity index (χ4v) is 8.96. The van der Waals surface area contributed by atoms with Crippen molar-refractivity contribution in [2.24, 2.45) is 0 Å². The van der Waals surface area contributed by atoms with Crippen LogP contribution in [-0.2, 0) is 27.9 Å². The van der Waals surface area contributed by atoms with Crippen LogP contribution in [0.1, 0.15) is 271 Å². The van der Waals surface area contributed by atoms with Crippen molar-refractivity contribution in [3.05, 3.63) is 24.3 Å². The Morgan fingerprint density at radius 3 is 1.30 bits per heavy atom. The molecule has 0 aliphatic heterocycles. The van der Waals surface area contributed by atoms with Gasteiger partial charge in [0, 0.05) is 12.8 Å². The molecule has 390 valence electrons. The number of allylic oxidation sites excluding steroid dienone is 3. The van der Waals surface area contributed by atoms with Crippen LogP contribution in [0.4, 0.5) is 0 Å². The minimum Gasteiger partial charge on any atom is -0.456 e. The third-order valence-electron chi connectivity index (χ3n) is 12.6. The second kappa shape index (κ2) is 47.2. The Morgan fingerprint density at radius 2 is 0.879 bits per heavy atom. The highest BCUT2D eigenvalue weighted by atomic mass is 31.2. The molecule has 3 unspecified atom stereocenters. The topological polar surface area (TPSA) is 111 Å². The quantitative estimate of drug-likeness (QED) is 0.0205. The second-order valence-corrected chi connectivity index (χ2v) is 21.9. The van der Waals surface area contributed by atoms with Gasteiger partial charge in [-0.15, -0.1) is 0 Å². The Labute approximate surface area is 409 Å². The number of phosphoric ester groups is 1. The van der Waals surface area contributed by atoms with Crippen molar-refractivity contribution in [3.63, 3.8) is 0 Å². The Kier molecular flexibility index (Phi) is 46.1. The lowest BCUT2D eigenvalue weighted by molar-refractivity contribution is -0.870. The van der Waals surface area contributed by atoms with E-state index in [1.54, 1.807) is 0 Å². The van der Waals surface area contributed by atoms with Crippen LogP contribution in [0, 0.1) is 0 Å². The molecule has 66 heavy (non-hydrogen) atoms. The van der Waals surface area contributed by atoms with Crippen molar-refractivity contribution >= 4 is 19.7 Å². The molecule has 0 bridgehead atoms. The van der Waals surface area contributed by atoms with E-state index in [-0.39, 0.29) is 25.1 Å². The van der Waals surface area contributed by atoms with Gasteiger partial charge in [-0.1, -0.05) is 225 Å². The summed E-state index contributed by atoms with van der Waals surface area (Å²) in [5.41, 5.74) is 0. The second-order valence-electron chi connectivity index (χ2n) is 20.5. The van der Waals surface area contributed by atoms with Crippen molar-refractivity contribution in [2.75, 3.05) is 40.9 Å². The van der Waals surface area contributed by atoms with Crippen LogP contribution >= 0.6 is 7.82 Å². The van der Waals surface area contributed by atoms with Crippen molar-refractivity contribution in [1.82, 2.24) is 5.32 Å². The Hall–Kier alpha value is -1.51. The van der Waals surface area contributed by atoms with Crippen LogP contribution in [0.2, 0.25) is 0 Å². The number of carbonyl (C=O) groups excluding carboxylic acids is 2. The maximum absolute atomic E-state index is 13.5. The van der Waals surface area contributed by atoms with Crippen LogP contribution in [-0.4, -0.2) is 74.3 Å². The first-order valence-electron chi connectivity index (χ1n) is 28.2. The Morgan fingerprint density at radius 1 is 0.515 bits per heavy atom. The molecule has 0 saturated heterocycles. The van der Waals surface area contributed by atoms with Crippen molar-refractivity contribution < 1.29 is 37.3 Å². The minimum atomic E-state index is -4.44. The van der Waals surface area contributed by atoms with Gasteiger partial charge in [0.05, 0.1) is 33.8 Å². The van der Waals surface area contributed by atoms with E-state index in [1.165, 1.54) is 167 Å². The standard InChI is InChI=1S/C56H109N2O7P/c1-7-10-13-16-19-22-25-28-31-33-36-39-42-45-48-55(59)57-53(52-64-66(61,62)63-51-50-58(4,5)6)54(47-44-41-38-35-32-29-26-23-20-17-14-11-8-2)65-56(60)49-46-43-40-37-34-30-27-24-21-18-15-12-9-3/h31,33,44,47,53-54H,7-30,32,34-43,45-46,48-52H2,1-6H3,(H-,57,59,61,62)/p+1/b33-31-,47-44+. The van der Waals surface area contributed by atoms with Gasteiger partial charge in [-0.05, 0) is 57.4 Å². The summed E-state index contributed by atoms with van der Waals surface area (Å²) in [6, 6.07) is -0.848. The predicted molar refractivity (Wildman–Crippen MR) is 282 cm³/mol. The van der Waals surface area contributed by atoms with Crippen molar-refractivity contribution in [1.29, 1.82) is 0 Å². The van der Waals surface area contributed by atoms with Crippen LogP contribution in [0.5, 0.6) is 0 Å². The summed E-state index contributed by atoms with van der Waals surface area (Å²) in [6.07, 6.45) is 53.1. The van der Waals surface area contributed by atoms with Gasteiger partial charge in [0.25, 0.3) is 0 Å². The molecular formula is C56H110N2O7P+. The predicted octanol–water partition coefficient (Wildman–Crippen LogP) is 16.6. The molecule has 0 aliphatic carbocycles. The van der Waals surface area contributed by atoms with Crippen LogP contribution < -0.4 is 5.32 Å². The summed E-state index contributed by atoms with van der Waals surface area (Å²) in [5, 5.41) is 3.04. The van der Waals surface area contributed by atoms with Gasteiger partial charge < -0.3 is 19.4 Å². The molecule has 0 spiro atoms. The lowest BCUT2D eigenvalue weighted by atomic mass is 10.0. The molecule has 10 heteroatoms. The third-order valence-corrected chi connectivity index (χ3v) is 13.6. The number of unbranched alkanes of at least 4 members (excludes halogenated alkanes) is 33. The molecule has 0 saturated carbocycles. The number of likely N-dealkylation sites (N-methyl/N-ethyl adjacent to an activating group) is 1. The number of amides is 1. The van der Waals surface area contributed by atoms with E-state index >= 15 is 0 Å². The summed E-state index contributed by atoms with van der Waals surface area (Å²) in [7, 11) is 1.50. The lowest BCUT2D eigenvalue weighted by Crippen LogP contribution is -2.47. The van der Waals surface area contributed by atoms with E-state index in [4.69, 9.17) is 13.8 Å². The molecule has 0 aromatic carbocycles. The monoisotopic (exact) mass is 954 g/mol. The van der Waals surface area contributed by atoms with E-state index in [0.717, 1.165) is 70.6 Å². The fourth-order valence-electron chi connectivity index (χ4n) is 8.23. The molecule has 0 aliphatic rings. The Bertz CT molecular complexity index is 1190. The number of nitrogens with zero attached hydrogens (tertiary/aromatic N) is 1. The highest BCUT2D eigenvalue weighted by Crippen LogP contribution is 2.43. The molecule has 2 N–H and O–H groups in total. The maximum atomic E-state index is 13.5. The van der Waals surface area contributed by atoms with Crippen molar-refractivity contribution in [2.45, 2.75) is 283 Å². The molecule has 0 aromatic heterocycles. The number of quaternary nitrogens is 1. The molecule has 0 aromatic rings. The van der Waals surface area contributed by atoms with Gasteiger partial charge in [0.1, 0.15) is 19.3 Å². The average Bonchev–Trinajstić information content (AvgIpc) is 3.27. The first-order valence-corrected chi connectivity index (χ1v) is 29.7. The number of carbonyl (C=O) groups is 2. The first-order chi connectivity index (χ1) is 31.9. The molecule has 0 radical (unpaired) electrons. The summed E-state index contributed by atoms with van der Waals surface area (Å²) in [5.74, 6) is -0.513. The van der Waals surface area contributed by atoms with E-state index in [2.05, 4.69) is 38.2 Å². The van der Waals surface area contributed by atoms with E-state index in [9.17, 15) is 19.0 Å². The first kappa shape index (κ1) is 64.5. The zero-order valence-electron chi connectivity index (χ0n) is 44.5. The minimum absolute atomic E-state index is 0.0407. The van der Waals surface area contributed by atoms with Crippen LogP contribution in [0.25, 0.3) is 0 Å². The third kappa shape index (κ3) is 47.6. The number of esters is 1. The number of rotatable bonds is 51. The molecular weight excluding hydrogens is 844 g/mol. The number of hydrogen-bond donors (Lipinski definition) is 2. The summed E-state index contributed by atoms with van der Waals surface area (Å²) in [4.78, 5) is 37.5. The number of hydrogen-bond acceptors (Lipinski definition) is 6. The largest absolute Gasteiger partial charge is 0.472 e. The van der Waals surface area contributed by atoms with Gasteiger partial charge in [0.15, 0.2) is 0 Å². The zero-order valence-corrected chi connectivity index (χ0v) is 45.3. The molecule has 1 amide bonds. The zero-order chi connectivity index (χ0) is 48.7. The SMILES string of the molecule is CCCCCCCCC/C=C\CCCCCC(=O)NC(COP(=O)(O)OCC[N+](C)(C)C)C(/C=C/CCCCCCCCCCCCC)OC(=O)CCCCCCCCCCCCCCC. The van der Waals surface area contributed by atoms with Gasteiger partial charge in [-0.2, -0.15) is 0 Å². The highest BCUT2D eigenvalue weighted by molar-refractivity contribution is 7.47. The smallest absolute Gasteiger partial charge is 0.456 e. The normalized spacial score (nSPS) is 14.0. The van der Waals surface area contributed by atoms with E-state index in [0.29, 0.717) is 23.9 Å². The van der Waals surface area contributed by atoms with Gasteiger partial charge in [-0.3, -0.25) is 18.6 Å². The van der Waals surface area contributed by atoms with Crippen LogP contribution in [0.15, 0.2) is 24.3 Å². The van der Waals surface area contributed by atoms with Gasteiger partial charge in [0.2, 0.25) is 5.91 Å². The Balaban J connectivity index is 5.40. The summed E-state index contributed by atoms with van der Waals surface area (Å²) < 4.78 is 30.6. The molecule has 3 atom stereocenters. The number of nitrogens with one attached hydrogen (secondary N) is 1. The van der Waals surface area contributed by atoms with E-state index < -0.39 is 20.0 Å². The summed E-state index contributed by atoms with van der Waals surface area (Å²) >= 11 is 0. The molecule has 0 fully saturated rings. The van der Waals surface area contributed by atoms with Crippen LogP contribution in [0.3, 0.4) is 0 Å². The summed E-state index contributed by atoms with van der Waals surface area (Å²) in [6.45, 7) is 7.01. The molecule has 0 heterocycles.